The lowest BCUT2D eigenvalue weighted by Crippen LogP contribution is -2.18. The minimum absolute atomic E-state index is 0.212. The van der Waals surface area contributed by atoms with E-state index in [4.69, 9.17) is 5.73 Å². The Morgan fingerprint density at radius 3 is 2.84 bits per heavy atom. The van der Waals surface area contributed by atoms with Gasteiger partial charge in [0.25, 0.3) is 5.91 Å². The highest BCUT2D eigenvalue weighted by Gasteiger charge is 2.14. The predicted molar refractivity (Wildman–Crippen MR) is 79.1 cm³/mol. The van der Waals surface area contributed by atoms with Crippen molar-refractivity contribution in [2.24, 2.45) is 0 Å². The molecule has 0 saturated heterocycles. The number of rotatable bonds is 3. The van der Waals surface area contributed by atoms with Gasteiger partial charge in [0, 0.05) is 11.0 Å². The van der Waals surface area contributed by atoms with Gasteiger partial charge in [-0.15, -0.1) is 0 Å². The Bertz CT molecular complexity index is 621. The van der Waals surface area contributed by atoms with E-state index in [-0.39, 0.29) is 5.91 Å². The average Bonchev–Trinajstić information content (AvgIpc) is 2.74. The number of aryl methyl sites for hydroxylation is 2. The van der Waals surface area contributed by atoms with Crippen LogP contribution in [0, 0.1) is 6.92 Å². The van der Waals surface area contributed by atoms with Crippen LogP contribution in [0.1, 0.15) is 23.1 Å². The third-order valence-electron chi connectivity index (χ3n) is 2.70. The number of carbonyl (C=O) groups is 1. The van der Waals surface area contributed by atoms with Gasteiger partial charge < -0.3 is 11.1 Å². The van der Waals surface area contributed by atoms with E-state index in [1.165, 1.54) is 0 Å². The SMILES string of the molecule is CCn1nc(C)cc1C(=O)Nc1ccc(Br)cc1N. The van der Waals surface area contributed by atoms with Crippen LogP contribution in [0.3, 0.4) is 0 Å². The number of hydrogen-bond acceptors (Lipinski definition) is 3. The van der Waals surface area contributed by atoms with Gasteiger partial charge in [0.2, 0.25) is 0 Å². The number of hydrogen-bond donors (Lipinski definition) is 2. The summed E-state index contributed by atoms with van der Waals surface area (Å²) >= 11 is 3.33. The average molecular weight is 323 g/mol. The molecular weight excluding hydrogens is 308 g/mol. The molecule has 0 spiro atoms. The smallest absolute Gasteiger partial charge is 0.273 e. The molecule has 2 aromatic rings. The third kappa shape index (κ3) is 2.96. The number of halogens is 1. The number of amides is 1. The quantitative estimate of drug-likeness (QED) is 0.853. The summed E-state index contributed by atoms with van der Waals surface area (Å²) in [5, 5.41) is 7.04. The molecule has 1 amide bonds. The van der Waals surface area contributed by atoms with Crippen molar-refractivity contribution in [2.75, 3.05) is 11.1 Å². The first kappa shape index (κ1) is 13.6. The second-order valence-corrected chi connectivity index (χ2v) is 5.09. The van der Waals surface area contributed by atoms with Crippen LogP contribution >= 0.6 is 15.9 Å². The van der Waals surface area contributed by atoms with E-state index in [1.807, 2.05) is 19.9 Å². The van der Waals surface area contributed by atoms with Gasteiger partial charge in [0.05, 0.1) is 17.1 Å². The van der Waals surface area contributed by atoms with Gasteiger partial charge in [-0.3, -0.25) is 9.48 Å². The van der Waals surface area contributed by atoms with Gasteiger partial charge >= 0.3 is 0 Å². The molecule has 0 saturated carbocycles. The number of nitrogens with zero attached hydrogens (tertiary/aromatic N) is 2. The van der Waals surface area contributed by atoms with Gasteiger partial charge in [-0.05, 0) is 38.1 Å². The summed E-state index contributed by atoms with van der Waals surface area (Å²) < 4.78 is 2.54. The summed E-state index contributed by atoms with van der Waals surface area (Å²) in [5.41, 5.74) is 8.31. The van der Waals surface area contributed by atoms with Gasteiger partial charge in [-0.2, -0.15) is 5.10 Å². The highest BCUT2D eigenvalue weighted by atomic mass is 79.9. The first-order valence-electron chi connectivity index (χ1n) is 5.92. The second kappa shape index (κ2) is 5.44. The fourth-order valence-electron chi connectivity index (χ4n) is 1.80. The Morgan fingerprint density at radius 1 is 1.47 bits per heavy atom. The Labute approximate surface area is 119 Å². The highest BCUT2D eigenvalue weighted by Crippen LogP contribution is 2.23. The minimum atomic E-state index is -0.212. The molecule has 19 heavy (non-hydrogen) atoms. The Balaban J connectivity index is 2.25. The van der Waals surface area contributed by atoms with Gasteiger partial charge in [-0.25, -0.2) is 0 Å². The van der Waals surface area contributed by atoms with E-state index in [1.54, 1.807) is 22.9 Å². The molecule has 0 atom stereocenters. The van der Waals surface area contributed by atoms with Crippen molar-refractivity contribution >= 4 is 33.2 Å². The maximum Gasteiger partial charge on any atom is 0.273 e. The summed E-state index contributed by atoms with van der Waals surface area (Å²) in [4.78, 5) is 12.2. The molecule has 0 radical (unpaired) electrons. The predicted octanol–water partition coefficient (Wildman–Crippen LogP) is 2.81. The molecule has 100 valence electrons. The van der Waals surface area contributed by atoms with E-state index in [0.29, 0.717) is 23.6 Å². The van der Waals surface area contributed by atoms with E-state index >= 15 is 0 Å². The Hall–Kier alpha value is -1.82. The number of nitrogens with one attached hydrogen (secondary N) is 1. The van der Waals surface area contributed by atoms with Gasteiger partial charge in [-0.1, -0.05) is 15.9 Å². The number of nitrogens with two attached hydrogens (primary N) is 1. The van der Waals surface area contributed by atoms with Crippen molar-refractivity contribution in [1.82, 2.24) is 9.78 Å². The van der Waals surface area contributed by atoms with Crippen molar-refractivity contribution in [1.29, 1.82) is 0 Å². The van der Waals surface area contributed by atoms with E-state index < -0.39 is 0 Å². The number of nitrogen functional groups attached to an aromatic ring is 1. The molecule has 0 bridgehead atoms. The van der Waals surface area contributed by atoms with Crippen molar-refractivity contribution in [2.45, 2.75) is 20.4 Å². The maximum absolute atomic E-state index is 12.2. The van der Waals surface area contributed by atoms with E-state index in [9.17, 15) is 4.79 Å². The van der Waals surface area contributed by atoms with Gasteiger partial charge in [0.15, 0.2) is 0 Å². The molecule has 1 aromatic heterocycles. The zero-order valence-electron chi connectivity index (χ0n) is 10.8. The standard InChI is InChI=1S/C13H15BrN4O/c1-3-18-12(6-8(2)17-18)13(19)16-11-5-4-9(14)7-10(11)15/h4-7H,3,15H2,1-2H3,(H,16,19). The molecule has 3 N–H and O–H groups in total. The topological polar surface area (TPSA) is 72.9 Å². The molecule has 0 aliphatic rings. The van der Waals surface area contributed by atoms with Gasteiger partial charge in [0.1, 0.15) is 5.69 Å². The van der Waals surface area contributed by atoms with Crippen LogP contribution in [-0.4, -0.2) is 15.7 Å². The van der Waals surface area contributed by atoms with Crippen LogP contribution in [0.15, 0.2) is 28.7 Å². The van der Waals surface area contributed by atoms with Crippen LogP contribution in [0.25, 0.3) is 0 Å². The first-order chi connectivity index (χ1) is 9.01. The fourth-order valence-corrected chi connectivity index (χ4v) is 2.18. The summed E-state index contributed by atoms with van der Waals surface area (Å²) in [6.07, 6.45) is 0. The van der Waals surface area contributed by atoms with Crippen LogP contribution in [0.4, 0.5) is 11.4 Å². The Morgan fingerprint density at radius 2 is 2.21 bits per heavy atom. The van der Waals surface area contributed by atoms with Crippen LogP contribution < -0.4 is 11.1 Å². The summed E-state index contributed by atoms with van der Waals surface area (Å²) in [6, 6.07) is 7.09. The summed E-state index contributed by atoms with van der Waals surface area (Å²) in [7, 11) is 0. The maximum atomic E-state index is 12.2. The Kier molecular flexibility index (Phi) is 3.90. The molecule has 0 fully saturated rings. The second-order valence-electron chi connectivity index (χ2n) is 4.17. The summed E-state index contributed by atoms with van der Waals surface area (Å²) in [5.74, 6) is -0.212. The minimum Gasteiger partial charge on any atom is -0.397 e. The summed E-state index contributed by atoms with van der Waals surface area (Å²) in [6.45, 7) is 4.44. The molecule has 5 nitrogen and oxygen atoms in total. The highest BCUT2D eigenvalue weighted by molar-refractivity contribution is 9.10. The van der Waals surface area contributed by atoms with E-state index in [0.717, 1.165) is 10.2 Å². The molecule has 1 aromatic carbocycles. The van der Waals surface area contributed by atoms with Crippen LogP contribution in [-0.2, 0) is 6.54 Å². The molecule has 1 heterocycles. The van der Waals surface area contributed by atoms with Crippen molar-refractivity contribution < 1.29 is 4.79 Å². The molecule has 0 unspecified atom stereocenters. The zero-order valence-corrected chi connectivity index (χ0v) is 12.4. The van der Waals surface area contributed by atoms with Crippen LogP contribution in [0.2, 0.25) is 0 Å². The van der Waals surface area contributed by atoms with Crippen LogP contribution in [0.5, 0.6) is 0 Å². The molecule has 0 aliphatic heterocycles. The number of benzene rings is 1. The van der Waals surface area contributed by atoms with Crippen molar-refractivity contribution in [3.8, 4) is 0 Å². The third-order valence-corrected chi connectivity index (χ3v) is 3.19. The number of anilines is 2. The monoisotopic (exact) mass is 322 g/mol. The lowest BCUT2D eigenvalue weighted by molar-refractivity contribution is 0.101. The van der Waals surface area contributed by atoms with Crippen molar-refractivity contribution in [3.63, 3.8) is 0 Å². The lowest BCUT2D eigenvalue weighted by atomic mass is 10.2. The fraction of sp³-hybridized carbons (Fsp3) is 0.231. The number of aromatic nitrogens is 2. The molecule has 2 rings (SSSR count). The van der Waals surface area contributed by atoms with E-state index in [2.05, 4.69) is 26.3 Å². The largest absolute Gasteiger partial charge is 0.397 e. The normalized spacial score (nSPS) is 10.5. The zero-order chi connectivity index (χ0) is 14.0. The molecule has 0 aliphatic carbocycles. The lowest BCUT2D eigenvalue weighted by Gasteiger charge is -2.09. The van der Waals surface area contributed by atoms with Crippen molar-refractivity contribution in [3.05, 3.63) is 40.1 Å². The number of carbonyl (C=O) groups excluding carboxylic acids is 1. The molecular formula is C13H15BrN4O. The first-order valence-corrected chi connectivity index (χ1v) is 6.71. The molecule has 6 heteroatoms.